The van der Waals surface area contributed by atoms with Crippen LogP contribution in [0, 0.1) is 13.8 Å². The molecule has 1 aromatic carbocycles. The van der Waals surface area contributed by atoms with Crippen molar-refractivity contribution < 1.29 is 5.11 Å². The standard InChI is InChI=1S/C24H26N6O2/c1-13-20-15(12-29(3)28-20)10-17(21(13)31)22-26-14(2)19-18(27-22)5-9-30(23(19)32)16-4-8-25-24(11-16)6-7-24/h5,9-10,12,16,25,31H,4,6-8,11H2,1-3H3. The van der Waals surface area contributed by atoms with Crippen molar-refractivity contribution in [2.75, 3.05) is 6.54 Å². The molecule has 4 heterocycles. The molecule has 8 nitrogen and oxygen atoms in total. The van der Waals surface area contributed by atoms with Crippen LogP contribution in [0.25, 0.3) is 33.2 Å². The summed E-state index contributed by atoms with van der Waals surface area (Å²) < 4.78 is 3.60. The number of aryl methyl sites for hydroxylation is 3. The molecule has 0 bridgehead atoms. The van der Waals surface area contributed by atoms with Gasteiger partial charge in [0.15, 0.2) is 5.82 Å². The highest BCUT2D eigenvalue weighted by atomic mass is 16.3. The Hall–Kier alpha value is -3.26. The van der Waals surface area contributed by atoms with Gasteiger partial charge in [-0.1, -0.05) is 0 Å². The van der Waals surface area contributed by atoms with Gasteiger partial charge in [-0.25, -0.2) is 9.97 Å². The largest absolute Gasteiger partial charge is 0.507 e. The third-order valence-electron chi connectivity index (χ3n) is 7.17. The van der Waals surface area contributed by atoms with E-state index in [1.165, 1.54) is 12.8 Å². The third kappa shape index (κ3) is 2.86. The molecule has 2 N–H and O–H groups in total. The molecule has 1 unspecified atom stereocenters. The maximum atomic E-state index is 13.4. The molecule has 1 atom stereocenters. The van der Waals surface area contributed by atoms with Gasteiger partial charge in [-0.05, 0) is 58.2 Å². The lowest BCUT2D eigenvalue weighted by atomic mass is 9.97. The first-order chi connectivity index (χ1) is 15.3. The second-order valence-electron chi connectivity index (χ2n) is 9.41. The maximum absolute atomic E-state index is 13.4. The molecule has 1 spiro atoms. The highest BCUT2D eigenvalue weighted by Crippen LogP contribution is 2.45. The van der Waals surface area contributed by atoms with E-state index in [2.05, 4.69) is 20.4 Å². The van der Waals surface area contributed by atoms with Gasteiger partial charge in [-0.15, -0.1) is 0 Å². The molecule has 4 aromatic rings. The number of nitrogens with zero attached hydrogens (tertiary/aromatic N) is 5. The molecular weight excluding hydrogens is 404 g/mol. The van der Waals surface area contributed by atoms with Crippen molar-refractivity contribution in [1.29, 1.82) is 0 Å². The number of phenolic OH excluding ortho intramolecular Hbond substituents is 1. The molecule has 3 aromatic heterocycles. The number of hydrogen-bond acceptors (Lipinski definition) is 6. The van der Waals surface area contributed by atoms with Gasteiger partial charge in [-0.2, -0.15) is 5.10 Å². The van der Waals surface area contributed by atoms with E-state index in [1.807, 2.05) is 50.0 Å². The number of hydrogen-bond donors (Lipinski definition) is 2. The molecular formula is C24H26N6O2. The summed E-state index contributed by atoms with van der Waals surface area (Å²) in [7, 11) is 1.85. The predicted molar refractivity (Wildman–Crippen MR) is 123 cm³/mol. The van der Waals surface area contributed by atoms with Crippen molar-refractivity contribution in [3.63, 3.8) is 0 Å². The Morgan fingerprint density at radius 1 is 1.25 bits per heavy atom. The number of piperidine rings is 1. The monoisotopic (exact) mass is 430 g/mol. The Balaban J connectivity index is 1.48. The number of rotatable bonds is 2. The van der Waals surface area contributed by atoms with Gasteiger partial charge in [0.1, 0.15) is 5.75 Å². The molecule has 8 heteroatoms. The van der Waals surface area contributed by atoms with Crippen LogP contribution in [0.15, 0.2) is 29.3 Å². The molecule has 1 saturated carbocycles. The Morgan fingerprint density at radius 3 is 2.84 bits per heavy atom. The quantitative estimate of drug-likeness (QED) is 0.507. The summed E-state index contributed by atoms with van der Waals surface area (Å²) >= 11 is 0. The second kappa shape index (κ2) is 6.62. The number of aromatic hydroxyl groups is 1. The first kappa shape index (κ1) is 19.4. The molecule has 6 rings (SSSR count). The lowest BCUT2D eigenvalue weighted by Crippen LogP contribution is -2.42. The molecule has 164 valence electrons. The van der Waals surface area contributed by atoms with Crippen LogP contribution in [0.3, 0.4) is 0 Å². The number of phenols is 1. The number of benzene rings is 1. The minimum Gasteiger partial charge on any atom is -0.507 e. The zero-order valence-electron chi connectivity index (χ0n) is 18.5. The lowest BCUT2D eigenvalue weighted by molar-refractivity contribution is 0.282. The Bertz CT molecular complexity index is 1460. The van der Waals surface area contributed by atoms with E-state index < -0.39 is 0 Å². The minimum absolute atomic E-state index is 0.0302. The van der Waals surface area contributed by atoms with Crippen LogP contribution in [-0.4, -0.2) is 41.5 Å². The van der Waals surface area contributed by atoms with Crippen molar-refractivity contribution >= 4 is 21.8 Å². The summed E-state index contributed by atoms with van der Waals surface area (Å²) in [5.41, 5.74) is 3.44. The second-order valence-corrected chi connectivity index (χ2v) is 9.41. The SMILES string of the molecule is Cc1c(O)c(-c2nc(C)c3c(=O)n(C4CCNC5(CC5)C4)ccc3n2)cc2cn(C)nc12. The molecule has 32 heavy (non-hydrogen) atoms. The normalized spacial score (nSPS) is 19.8. The van der Waals surface area contributed by atoms with Crippen molar-refractivity contribution in [1.82, 2.24) is 29.6 Å². The van der Waals surface area contributed by atoms with Gasteiger partial charge in [0.05, 0.1) is 27.7 Å². The van der Waals surface area contributed by atoms with E-state index >= 15 is 0 Å². The van der Waals surface area contributed by atoms with E-state index in [4.69, 9.17) is 0 Å². The van der Waals surface area contributed by atoms with Crippen LogP contribution in [0.4, 0.5) is 0 Å². The molecule has 2 aliphatic rings. The fourth-order valence-electron chi connectivity index (χ4n) is 5.25. The highest BCUT2D eigenvalue weighted by molar-refractivity contribution is 5.91. The van der Waals surface area contributed by atoms with Crippen LogP contribution in [0.1, 0.15) is 43.0 Å². The maximum Gasteiger partial charge on any atom is 0.262 e. The summed E-state index contributed by atoms with van der Waals surface area (Å²) in [6.45, 7) is 4.63. The first-order valence-electron chi connectivity index (χ1n) is 11.2. The smallest absolute Gasteiger partial charge is 0.262 e. The van der Waals surface area contributed by atoms with Crippen LogP contribution < -0.4 is 10.9 Å². The Labute approximate surface area is 184 Å². The highest BCUT2D eigenvalue weighted by Gasteiger charge is 2.46. The average Bonchev–Trinajstić information content (AvgIpc) is 3.39. The van der Waals surface area contributed by atoms with Crippen molar-refractivity contribution in [2.24, 2.45) is 7.05 Å². The van der Waals surface area contributed by atoms with Gasteiger partial charge < -0.3 is 15.0 Å². The van der Waals surface area contributed by atoms with Crippen molar-refractivity contribution in [3.05, 3.63) is 46.1 Å². The number of aromatic nitrogens is 5. The lowest BCUT2D eigenvalue weighted by Gasteiger charge is -2.31. The van der Waals surface area contributed by atoms with Crippen LogP contribution in [0.5, 0.6) is 5.75 Å². The molecule has 1 aliphatic carbocycles. The minimum atomic E-state index is -0.0302. The van der Waals surface area contributed by atoms with Crippen molar-refractivity contribution in [2.45, 2.75) is 51.1 Å². The van der Waals surface area contributed by atoms with Gasteiger partial charge in [-0.3, -0.25) is 9.48 Å². The van der Waals surface area contributed by atoms with E-state index in [9.17, 15) is 9.90 Å². The first-order valence-corrected chi connectivity index (χ1v) is 11.2. The number of pyridine rings is 1. The summed E-state index contributed by atoms with van der Waals surface area (Å²) in [6, 6.07) is 3.97. The Kier molecular flexibility index (Phi) is 4.02. The molecule has 1 saturated heterocycles. The average molecular weight is 431 g/mol. The Morgan fingerprint density at radius 2 is 2.06 bits per heavy atom. The van der Waals surface area contributed by atoms with Gasteiger partial charge in [0.25, 0.3) is 5.56 Å². The van der Waals surface area contributed by atoms with Crippen LogP contribution >= 0.6 is 0 Å². The third-order valence-corrected chi connectivity index (χ3v) is 7.17. The van der Waals surface area contributed by atoms with Crippen LogP contribution in [-0.2, 0) is 7.05 Å². The molecule has 0 radical (unpaired) electrons. The predicted octanol–water partition coefficient (Wildman–Crippen LogP) is 3.12. The molecule has 2 fully saturated rings. The number of nitrogens with one attached hydrogen (secondary N) is 1. The van der Waals surface area contributed by atoms with E-state index in [1.54, 1.807) is 4.68 Å². The topological polar surface area (TPSA) is 97.9 Å². The van der Waals surface area contributed by atoms with Gasteiger partial charge >= 0.3 is 0 Å². The van der Waals surface area contributed by atoms with Crippen LogP contribution in [0.2, 0.25) is 0 Å². The zero-order valence-corrected chi connectivity index (χ0v) is 18.5. The summed E-state index contributed by atoms with van der Waals surface area (Å²) in [4.78, 5) is 22.8. The van der Waals surface area contributed by atoms with E-state index in [0.29, 0.717) is 33.5 Å². The fraction of sp³-hybridized carbons (Fsp3) is 0.417. The van der Waals surface area contributed by atoms with Gasteiger partial charge in [0, 0.05) is 42.0 Å². The van der Waals surface area contributed by atoms with E-state index in [-0.39, 0.29) is 22.9 Å². The summed E-state index contributed by atoms with van der Waals surface area (Å²) in [5.74, 6) is 0.532. The zero-order chi connectivity index (χ0) is 22.2. The number of fused-ring (bicyclic) bond motifs is 2. The molecule has 0 amide bonds. The summed E-state index contributed by atoms with van der Waals surface area (Å²) in [5, 5.41) is 20.4. The summed E-state index contributed by atoms with van der Waals surface area (Å²) in [6.07, 6.45) is 8.12. The fourth-order valence-corrected chi connectivity index (χ4v) is 5.25. The van der Waals surface area contributed by atoms with Crippen molar-refractivity contribution in [3.8, 4) is 17.1 Å². The van der Waals surface area contributed by atoms with Gasteiger partial charge in [0.2, 0.25) is 0 Å². The molecule has 1 aliphatic heterocycles. The van der Waals surface area contributed by atoms with E-state index in [0.717, 1.165) is 30.3 Å².